The highest BCUT2D eigenvalue weighted by atomic mass is 19.1. The van der Waals surface area contributed by atoms with E-state index < -0.39 is 6.10 Å². The topological polar surface area (TPSA) is 66.6 Å². The van der Waals surface area contributed by atoms with Gasteiger partial charge in [-0.2, -0.15) is 0 Å². The Kier molecular flexibility index (Phi) is 4.28. The molecule has 0 aromatic heterocycles. The number of carbonyl (C=O) groups excluding carboxylic acids is 1. The van der Waals surface area contributed by atoms with Crippen molar-refractivity contribution in [3.05, 3.63) is 29.1 Å². The van der Waals surface area contributed by atoms with Crippen LogP contribution in [0.15, 0.2) is 12.1 Å². The molecule has 1 atom stereocenters. The summed E-state index contributed by atoms with van der Waals surface area (Å²) in [5.41, 5.74) is 7.32. The van der Waals surface area contributed by atoms with Gasteiger partial charge in [-0.05, 0) is 44.4 Å². The van der Waals surface area contributed by atoms with Gasteiger partial charge in [-0.15, -0.1) is 0 Å². The first-order valence-electron chi connectivity index (χ1n) is 6.92. The first kappa shape index (κ1) is 14.8. The largest absolute Gasteiger partial charge is 0.389 e. The fourth-order valence-electron chi connectivity index (χ4n) is 2.70. The molecule has 1 aromatic rings. The molecule has 5 heteroatoms. The highest BCUT2D eigenvalue weighted by molar-refractivity contribution is 5.77. The van der Waals surface area contributed by atoms with E-state index in [2.05, 4.69) is 4.90 Å². The van der Waals surface area contributed by atoms with E-state index in [1.54, 1.807) is 19.9 Å². The Morgan fingerprint density at radius 2 is 2.05 bits per heavy atom. The third-order valence-corrected chi connectivity index (χ3v) is 4.00. The summed E-state index contributed by atoms with van der Waals surface area (Å²) in [6.07, 6.45) is 0.671. The van der Waals surface area contributed by atoms with Crippen LogP contribution in [0.4, 0.5) is 10.1 Å². The molecule has 0 saturated carbocycles. The smallest absolute Gasteiger partial charge is 0.220 e. The molecular formula is C15H21FN2O2. The average molecular weight is 280 g/mol. The standard InChI is InChI=1S/C15H21FN2O2/c1-9-7-14(12(10(2)19)8-13(9)16)18-5-3-11(4-6-18)15(17)20/h7-8,10-11,19H,3-6H2,1-2H3,(H2,17,20)/t10-/m0/s1. The average Bonchev–Trinajstić information content (AvgIpc) is 2.41. The van der Waals surface area contributed by atoms with E-state index in [4.69, 9.17) is 5.73 Å². The lowest BCUT2D eigenvalue weighted by Crippen LogP contribution is -2.39. The van der Waals surface area contributed by atoms with Gasteiger partial charge in [-0.25, -0.2) is 4.39 Å². The molecule has 0 spiro atoms. The molecular weight excluding hydrogens is 259 g/mol. The van der Waals surface area contributed by atoms with Gasteiger partial charge in [0.15, 0.2) is 0 Å². The number of anilines is 1. The van der Waals surface area contributed by atoms with E-state index in [-0.39, 0.29) is 17.6 Å². The van der Waals surface area contributed by atoms with Crippen molar-refractivity contribution in [3.8, 4) is 0 Å². The van der Waals surface area contributed by atoms with Gasteiger partial charge in [0, 0.05) is 30.3 Å². The molecule has 1 aliphatic heterocycles. The number of rotatable bonds is 3. The number of primary amides is 1. The van der Waals surface area contributed by atoms with Crippen molar-refractivity contribution in [2.75, 3.05) is 18.0 Å². The predicted octanol–water partition coefficient (Wildman–Crippen LogP) is 1.89. The Morgan fingerprint density at radius 3 is 2.55 bits per heavy atom. The minimum absolute atomic E-state index is 0.0807. The molecule has 0 aliphatic carbocycles. The number of hydrogen-bond acceptors (Lipinski definition) is 3. The van der Waals surface area contributed by atoms with Crippen molar-refractivity contribution in [1.82, 2.24) is 0 Å². The molecule has 0 unspecified atom stereocenters. The van der Waals surface area contributed by atoms with E-state index >= 15 is 0 Å². The van der Waals surface area contributed by atoms with Crippen LogP contribution < -0.4 is 10.6 Å². The number of nitrogens with two attached hydrogens (primary N) is 1. The van der Waals surface area contributed by atoms with Crippen molar-refractivity contribution in [1.29, 1.82) is 0 Å². The molecule has 2 rings (SSSR count). The summed E-state index contributed by atoms with van der Waals surface area (Å²) in [4.78, 5) is 13.3. The normalized spacial score (nSPS) is 18.1. The van der Waals surface area contributed by atoms with Gasteiger partial charge in [-0.3, -0.25) is 4.79 Å². The summed E-state index contributed by atoms with van der Waals surface area (Å²) in [6.45, 7) is 4.72. The fourth-order valence-corrected chi connectivity index (χ4v) is 2.70. The number of aliphatic hydroxyl groups excluding tert-OH is 1. The second-order valence-electron chi connectivity index (χ2n) is 5.50. The van der Waals surface area contributed by atoms with Crippen LogP contribution in [-0.2, 0) is 4.79 Å². The number of aliphatic hydroxyl groups is 1. The van der Waals surface area contributed by atoms with Crippen molar-refractivity contribution < 1.29 is 14.3 Å². The van der Waals surface area contributed by atoms with Crippen LogP contribution in [0.25, 0.3) is 0 Å². The van der Waals surface area contributed by atoms with Gasteiger partial charge < -0.3 is 15.7 Å². The first-order valence-corrected chi connectivity index (χ1v) is 6.92. The maximum absolute atomic E-state index is 13.7. The van der Waals surface area contributed by atoms with E-state index in [1.807, 2.05) is 0 Å². The van der Waals surface area contributed by atoms with Gasteiger partial charge in [-0.1, -0.05) is 0 Å². The molecule has 4 nitrogen and oxygen atoms in total. The third-order valence-electron chi connectivity index (χ3n) is 4.00. The SMILES string of the molecule is Cc1cc(N2CCC(C(N)=O)CC2)c([C@H](C)O)cc1F. The van der Waals surface area contributed by atoms with Crippen molar-refractivity contribution in [3.63, 3.8) is 0 Å². The lowest BCUT2D eigenvalue weighted by molar-refractivity contribution is -0.122. The molecule has 1 aromatic carbocycles. The molecule has 0 radical (unpaired) electrons. The fraction of sp³-hybridized carbons (Fsp3) is 0.533. The van der Waals surface area contributed by atoms with E-state index in [9.17, 15) is 14.3 Å². The van der Waals surface area contributed by atoms with Gasteiger partial charge in [0.2, 0.25) is 5.91 Å². The minimum atomic E-state index is -0.728. The van der Waals surface area contributed by atoms with Crippen LogP contribution in [0.5, 0.6) is 0 Å². The molecule has 20 heavy (non-hydrogen) atoms. The monoisotopic (exact) mass is 280 g/mol. The number of amides is 1. The lowest BCUT2D eigenvalue weighted by atomic mass is 9.94. The zero-order chi connectivity index (χ0) is 14.9. The Bertz CT molecular complexity index is 509. The summed E-state index contributed by atoms with van der Waals surface area (Å²) in [7, 11) is 0. The number of benzene rings is 1. The van der Waals surface area contributed by atoms with Gasteiger partial charge in [0.05, 0.1) is 6.10 Å². The first-order chi connectivity index (χ1) is 9.40. The summed E-state index contributed by atoms with van der Waals surface area (Å²) in [5, 5.41) is 9.82. The summed E-state index contributed by atoms with van der Waals surface area (Å²) in [6, 6.07) is 3.16. The molecule has 110 valence electrons. The van der Waals surface area contributed by atoms with Gasteiger partial charge >= 0.3 is 0 Å². The Labute approximate surface area is 118 Å². The number of aryl methyl sites for hydroxylation is 1. The van der Waals surface area contributed by atoms with E-state index in [0.29, 0.717) is 37.1 Å². The molecule has 0 bridgehead atoms. The zero-order valence-electron chi connectivity index (χ0n) is 11.9. The van der Waals surface area contributed by atoms with Crippen LogP contribution in [-0.4, -0.2) is 24.1 Å². The number of carbonyl (C=O) groups is 1. The highest BCUT2D eigenvalue weighted by Crippen LogP contribution is 2.32. The lowest BCUT2D eigenvalue weighted by Gasteiger charge is -2.34. The molecule has 1 aliphatic rings. The van der Waals surface area contributed by atoms with Crippen LogP contribution in [0.2, 0.25) is 0 Å². The number of halogens is 1. The third kappa shape index (κ3) is 2.93. The van der Waals surface area contributed by atoms with Crippen molar-refractivity contribution in [2.45, 2.75) is 32.8 Å². The molecule has 3 N–H and O–H groups in total. The Hall–Kier alpha value is -1.62. The van der Waals surface area contributed by atoms with E-state index in [0.717, 1.165) is 5.69 Å². The summed E-state index contributed by atoms with van der Waals surface area (Å²) >= 11 is 0. The van der Waals surface area contributed by atoms with Gasteiger partial charge in [0.25, 0.3) is 0 Å². The van der Waals surface area contributed by atoms with Gasteiger partial charge in [0.1, 0.15) is 5.82 Å². The van der Waals surface area contributed by atoms with Crippen molar-refractivity contribution in [2.24, 2.45) is 11.7 Å². The zero-order valence-corrected chi connectivity index (χ0v) is 11.9. The van der Waals surface area contributed by atoms with Crippen LogP contribution >= 0.6 is 0 Å². The second kappa shape index (κ2) is 5.79. The number of piperidine rings is 1. The molecule has 1 heterocycles. The van der Waals surface area contributed by atoms with Crippen LogP contribution in [0.1, 0.15) is 37.0 Å². The van der Waals surface area contributed by atoms with E-state index in [1.165, 1.54) is 6.07 Å². The number of hydrogen-bond donors (Lipinski definition) is 2. The minimum Gasteiger partial charge on any atom is -0.389 e. The van der Waals surface area contributed by atoms with Crippen LogP contribution in [0, 0.1) is 18.7 Å². The van der Waals surface area contributed by atoms with Crippen molar-refractivity contribution >= 4 is 11.6 Å². The molecule has 1 fully saturated rings. The molecule has 1 saturated heterocycles. The maximum Gasteiger partial charge on any atom is 0.220 e. The highest BCUT2D eigenvalue weighted by Gasteiger charge is 2.25. The number of nitrogens with zero attached hydrogens (tertiary/aromatic N) is 1. The Balaban J connectivity index is 2.25. The Morgan fingerprint density at radius 1 is 1.45 bits per heavy atom. The second-order valence-corrected chi connectivity index (χ2v) is 5.50. The van der Waals surface area contributed by atoms with Crippen LogP contribution in [0.3, 0.4) is 0 Å². The molecule has 1 amide bonds. The summed E-state index contributed by atoms with van der Waals surface area (Å²) in [5.74, 6) is -0.643. The summed E-state index contributed by atoms with van der Waals surface area (Å²) < 4.78 is 13.7. The predicted molar refractivity (Wildman–Crippen MR) is 75.9 cm³/mol. The maximum atomic E-state index is 13.7. The quantitative estimate of drug-likeness (QED) is 0.888.